The Kier molecular flexibility index (Phi) is 6.06. The van der Waals surface area contributed by atoms with Crippen molar-refractivity contribution in [2.45, 2.75) is 25.4 Å². The van der Waals surface area contributed by atoms with Crippen molar-refractivity contribution >= 4 is 29.7 Å². The number of thiophene rings is 1. The van der Waals surface area contributed by atoms with Gasteiger partial charge in [0.05, 0.1) is 6.54 Å². The van der Waals surface area contributed by atoms with E-state index in [1.807, 2.05) is 36.3 Å². The fourth-order valence-electron chi connectivity index (χ4n) is 2.88. The van der Waals surface area contributed by atoms with Crippen LogP contribution in [0.5, 0.6) is 0 Å². The molecular formula is C16H22ClN3OS. The van der Waals surface area contributed by atoms with E-state index in [1.54, 1.807) is 11.3 Å². The molecule has 0 bridgehead atoms. The molecule has 22 heavy (non-hydrogen) atoms. The first-order chi connectivity index (χ1) is 10.3. The lowest BCUT2D eigenvalue weighted by atomic mass is 10.1. The van der Waals surface area contributed by atoms with E-state index in [0.717, 1.165) is 38.2 Å². The maximum absolute atomic E-state index is 12.8. The third kappa shape index (κ3) is 3.72. The van der Waals surface area contributed by atoms with E-state index in [1.165, 1.54) is 4.88 Å². The number of hydrogen-bond donors (Lipinski definition) is 1. The van der Waals surface area contributed by atoms with Gasteiger partial charge >= 0.3 is 0 Å². The minimum Gasteiger partial charge on any atom is -0.338 e. The molecule has 0 radical (unpaired) electrons. The first-order valence-electron chi connectivity index (χ1n) is 7.42. The Bertz CT molecular complexity index is 596. The molecule has 2 aromatic rings. The molecule has 6 heteroatoms. The van der Waals surface area contributed by atoms with Crippen molar-refractivity contribution in [1.29, 1.82) is 0 Å². The van der Waals surface area contributed by atoms with Crippen LogP contribution in [-0.4, -0.2) is 41.6 Å². The van der Waals surface area contributed by atoms with Crippen LogP contribution in [0, 0.1) is 0 Å². The van der Waals surface area contributed by atoms with Gasteiger partial charge in [0.15, 0.2) is 0 Å². The van der Waals surface area contributed by atoms with Gasteiger partial charge in [0.1, 0.15) is 5.69 Å². The number of hydrogen-bond acceptors (Lipinski definition) is 3. The molecule has 2 aromatic heterocycles. The van der Waals surface area contributed by atoms with Gasteiger partial charge in [0, 0.05) is 30.2 Å². The molecule has 0 saturated carbocycles. The van der Waals surface area contributed by atoms with Crippen molar-refractivity contribution in [2.75, 3.05) is 20.1 Å². The minimum atomic E-state index is 0. The van der Waals surface area contributed by atoms with Crippen molar-refractivity contribution in [3.05, 3.63) is 46.4 Å². The monoisotopic (exact) mass is 339 g/mol. The van der Waals surface area contributed by atoms with E-state index in [0.29, 0.717) is 6.04 Å². The predicted molar refractivity (Wildman–Crippen MR) is 93.1 cm³/mol. The number of nitrogens with zero attached hydrogens (tertiary/aromatic N) is 2. The number of halogens is 1. The maximum atomic E-state index is 12.8. The van der Waals surface area contributed by atoms with Crippen LogP contribution in [0.15, 0.2) is 35.8 Å². The van der Waals surface area contributed by atoms with Crippen LogP contribution in [0.3, 0.4) is 0 Å². The van der Waals surface area contributed by atoms with E-state index in [4.69, 9.17) is 0 Å². The number of nitrogens with one attached hydrogen (secondary N) is 1. The zero-order chi connectivity index (χ0) is 14.7. The number of likely N-dealkylation sites (tertiary alicyclic amines) is 1. The number of carbonyl (C=O) groups excluding carboxylic acids is 1. The average Bonchev–Trinajstić information content (AvgIpc) is 3.19. The SMILES string of the molecule is CNC1CCCN(C(=O)c2cccn2Cc2cccs2)C1.Cl. The van der Waals surface area contributed by atoms with Crippen molar-refractivity contribution in [3.63, 3.8) is 0 Å². The van der Waals surface area contributed by atoms with Crippen molar-refractivity contribution in [1.82, 2.24) is 14.8 Å². The molecule has 3 rings (SSSR count). The van der Waals surface area contributed by atoms with Crippen LogP contribution in [0.25, 0.3) is 0 Å². The largest absolute Gasteiger partial charge is 0.338 e. The van der Waals surface area contributed by atoms with Crippen LogP contribution >= 0.6 is 23.7 Å². The third-order valence-electron chi connectivity index (χ3n) is 4.07. The van der Waals surface area contributed by atoms with Gasteiger partial charge in [0.25, 0.3) is 5.91 Å². The second kappa shape index (κ2) is 7.81. The predicted octanol–water partition coefficient (Wildman–Crippen LogP) is 2.84. The zero-order valence-corrected chi connectivity index (χ0v) is 14.3. The van der Waals surface area contributed by atoms with Gasteiger partial charge in [-0.15, -0.1) is 23.7 Å². The molecule has 0 spiro atoms. The molecule has 0 aromatic carbocycles. The highest BCUT2D eigenvalue weighted by Gasteiger charge is 2.25. The molecule has 1 amide bonds. The first kappa shape index (κ1) is 17.1. The van der Waals surface area contributed by atoms with Crippen LogP contribution in [0.2, 0.25) is 0 Å². The van der Waals surface area contributed by atoms with Gasteiger partial charge in [-0.2, -0.15) is 0 Å². The number of likely N-dealkylation sites (N-methyl/N-ethyl adjacent to an activating group) is 1. The van der Waals surface area contributed by atoms with Gasteiger partial charge in [0.2, 0.25) is 0 Å². The highest BCUT2D eigenvalue weighted by Crippen LogP contribution is 2.17. The number of rotatable bonds is 4. The summed E-state index contributed by atoms with van der Waals surface area (Å²) in [7, 11) is 1.97. The summed E-state index contributed by atoms with van der Waals surface area (Å²) in [6.45, 7) is 2.44. The van der Waals surface area contributed by atoms with Gasteiger partial charge in [-0.1, -0.05) is 6.07 Å². The lowest BCUT2D eigenvalue weighted by Gasteiger charge is -2.32. The van der Waals surface area contributed by atoms with Crippen LogP contribution < -0.4 is 5.32 Å². The average molecular weight is 340 g/mol. The summed E-state index contributed by atoms with van der Waals surface area (Å²) in [5.41, 5.74) is 0.792. The molecule has 1 unspecified atom stereocenters. The molecule has 1 aliphatic rings. The quantitative estimate of drug-likeness (QED) is 0.930. The lowest BCUT2D eigenvalue weighted by molar-refractivity contribution is 0.0688. The summed E-state index contributed by atoms with van der Waals surface area (Å²) < 4.78 is 2.05. The Morgan fingerprint density at radius 1 is 1.41 bits per heavy atom. The second-order valence-electron chi connectivity index (χ2n) is 5.48. The van der Waals surface area contributed by atoms with E-state index in [-0.39, 0.29) is 18.3 Å². The molecule has 1 fully saturated rings. The molecule has 120 valence electrons. The van der Waals surface area contributed by atoms with Gasteiger partial charge in [-0.25, -0.2) is 0 Å². The Hall–Kier alpha value is -1.30. The molecule has 1 saturated heterocycles. The summed E-state index contributed by atoms with van der Waals surface area (Å²) in [5.74, 6) is 0.150. The Morgan fingerprint density at radius 2 is 2.27 bits per heavy atom. The number of carbonyl (C=O) groups is 1. The normalized spacial score (nSPS) is 18.0. The molecule has 3 heterocycles. The fraction of sp³-hybridized carbons (Fsp3) is 0.438. The maximum Gasteiger partial charge on any atom is 0.270 e. The van der Waals surface area contributed by atoms with E-state index in [2.05, 4.69) is 21.3 Å². The first-order valence-corrected chi connectivity index (χ1v) is 8.30. The highest BCUT2D eigenvalue weighted by atomic mass is 35.5. The van der Waals surface area contributed by atoms with E-state index in [9.17, 15) is 4.79 Å². The molecule has 1 aliphatic heterocycles. The molecular weight excluding hydrogens is 318 g/mol. The van der Waals surface area contributed by atoms with Crippen LogP contribution in [0.1, 0.15) is 28.2 Å². The van der Waals surface area contributed by atoms with E-state index >= 15 is 0 Å². The molecule has 1 N–H and O–H groups in total. The smallest absolute Gasteiger partial charge is 0.270 e. The van der Waals surface area contributed by atoms with Gasteiger partial charge in [-0.05, 0) is 43.5 Å². The number of piperidine rings is 1. The summed E-state index contributed by atoms with van der Waals surface area (Å²) in [6.07, 6.45) is 4.21. The van der Waals surface area contributed by atoms with Crippen molar-refractivity contribution in [2.24, 2.45) is 0 Å². The van der Waals surface area contributed by atoms with Crippen molar-refractivity contribution in [3.8, 4) is 0 Å². The Morgan fingerprint density at radius 3 is 3.00 bits per heavy atom. The number of amides is 1. The highest BCUT2D eigenvalue weighted by molar-refractivity contribution is 7.09. The summed E-state index contributed by atoms with van der Waals surface area (Å²) in [5, 5.41) is 5.36. The molecule has 4 nitrogen and oxygen atoms in total. The minimum absolute atomic E-state index is 0. The third-order valence-corrected chi connectivity index (χ3v) is 4.93. The van der Waals surface area contributed by atoms with Gasteiger partial charge < -0.3 is 14.8 Å². The Labute approximate surface area is 141 Å². The molecule has 1 atom stereocenters. The second-order valence-corrected chi connectivity index (χ2v) is 6.51. The molecule has 0 aliphatic carbocycles. The lowest BCUT2D eigenvalue weighted by Crippen LogP contribution is -2.47. The van der Waals surface area contributed by atoms with Crippen LogP contribution in [-0.2, 0) is 6.54 Å². The summed E-state index contributed by atoms with van der Waals surface area (Å²) in [6, 6.07) is 8.46. The van der Waals surface area contributed by atoms with Crippen LogP contribution in [0.4, 0.5) is 0 Å². The van der Waals surface area contributed by atoms with Gasteiger partial charge in [-0.3, -0.25) is 4.79 Å². The standard InChI is InChI=1S/C16H21N3OS.ClH/c1-17-13-5-2-9-19(11-13)16(20)15-7-3-8-18(15)12-14-6-4-10-21-14;/h3-4,6-8,10,13,17H,2,5,9,11-12H2,1H3;1H. The summed E-state index contributed by atoms with van der Waals surface area (Å²) in [4.78, 5) is 16.0. The Balaban J connectivity index is 0.00000176. The van der Waals surface area contributed by atoms with Crippen molar-refractivity contribution < 1.29 is 4.79 Å². The fourth-order valence-corrected chi connectivity index (χ4v) is 3.58. The summed E-state index contributed by atoms with van der Waals surface area (Å²) >= 11 is 1.73. The zero-order valence-electron chi connectivity index (χ0n) is 12.7. The topological polar surface area (TPSA) is 37.3 Å². The number of aromatic nitrogens is 1. The van der Waals surface area contributed by atoms with E-state index < -0.39 is 0 Å².